The van der Waals surface area contributed by atoms with Crippen molar-refractivity contribution >= 4 is 5.82 Å². The Bertz CT molecular complexity index is 545. The molecule has 0 amide bonds. The summed E-state index contributed by atoms with van der Waals surface area (Å²) in [5.74, 6) is 1.91. The fourth-order valence-corrected chi connectivity index (χ4v) is 1.73. The fraction of sp³-hybridized carbons (Fsp3) is 0.167. The van der Waals surface area contributed by atoms with Gasteiger partial charge in [-0.2, -0.15) is 0 Å². The normalized spacial score (nSPS) is 17.8. The number of ether oxygens (including phenoxy) is 2. The van der Waals surface area contributed by atoms with Gasteiger partial charge in [-0.25, -0.2) is 9.97 Å². The molecule has 1 aromatic heterocycles. The average Bonchev–Trinajstić information content (AvgIpc) is 2.38. The first-order chi connectivity index (χ1) is 8.33. The first-order valence-corrected chi connectivity index (χ1v) is 5.29. The molecule has 0 unspecified atom stereocenters. The monoisotopic (exact) mass is 229 g/mol. The minimum absolute atomic E-state index is 0.241. The van der Waals surface area contributed by atoms with Crippen LogP contribution in [0.2, 0.25) is 0 Å². The highest BCUT2D eigenvalue weighted by atomic mass is 16.6. The summed E-state index contributed by atoms with van der Waals surface area (Å²) in [5.41, 5.74) is 6.34. The fourth-order valence-electron chi connectivity index (χ4n) is 1.73. The number of rotatable bonds is 1. The Kier molecular flexibility index (Phi) is 2.29. The van der Waals surface area contributed by atoms with E-state index < -0.39 is 0 Å². The van der Waals surface area contributed by atoms with Crippen molar-refractivity contribution in [2.45, 2.75) is 6.10 Å². The van der Waals surface area contributed by atoms with Crippen LogP contribution < -0.4 is 15.2 Å². The molecule has 2 N–H and O–H groups in total. The van der Waals surface area contributed by atoms with Gasteiger partial charge >= 0.3 is 0 Å². The van der Waals surface area contributed by atoms with Crippen molar-refractivity contribution in [1.82, 2.24) is 9.97 Å². The van der Waals surface area contributed by atoms with Crippen LogP contribution >= 0.6 is 0 Å². The second kappa shape index (κ2) is 3.93. The number of benzene rings is 1. The van der Waals surface area contributed by atoms with Crippen molar-refractivity contribution in [3.8, 4) is 11.5 Å². The number of nitrogens with zero attached hydrogens (tertiary/aromatic N) is 2. The number of fused-ring (bicyclic) bond motifs is 1. The molecule has 17 heavy (non-hydrogen) atoms. The highest BCUT2D eigenvalue weighted by Crippen LogP contribution is 2.35. The molecular weight excluding hydrogens is 218 g/mol. The van der Waals surface area contributed by atoms with Gasteiger partial charge in [0.15, 0.2) is 17.6 Å². The topological polar surface area (TPSA) is 70.3 Å². The average molecular weight is 229 g/mol. The predicted octanol–water partition coefficient (Wildman–Crippen LogP) is 1.57. The van der Waals surface area contributed by atoms with Crippen molar-refractivity contribution in [3.63, 3.8) is 0 Å². The molecule has 0 aliphatic carbocycles. The zero-order valence-corrected chi connectivity index (χ0v) is 9.04. The number of hydrogen-bond acceptors (Lipinski definition) is 5. The van der Waals surface area contributed by atoms with Crippen LogP contribution in [-0.4, -0.2) is 16.6 Å². The first-order valence-electron chi connectivity index (χ1n) is 5.29. The molecular formula is C12H11N3O2. The summed E-state index contributed by atoms with van der Waals surface area (Å²) in [6, 6.07) is 9.25. The van der Waals surface area contributed by atoms with E-state index in [0.29, 0.717) is 12.4 Å². The number of nitrogen functional groups attached to an aromatic ring is 1. The van der Waals surface area contributed by atoms with Gasteiger partial charge < -0.3 is 15.2 Å². The van der Waals surface area contributed by atoms with Gasteiger partial charge in [-0.1, -0.05) is 12.1 Å². The van der Waals surface area contributed by atoms with E-state index in [1.807, 2.05) is 24.3 Å². The lowest BCUT2D eigenvalue weighted by Gasteiger charge is -2.25. The highest BCUT2D eigenvalue weighted by molar-refractivity contribution is 5.41. The van der Waals surface area contributed by atoms with E-state index in [4.69, 9.17) is 15.2 Å². The molecule has 0 spiro atoms. The molecule has 1 aliphatic heterocycles. The Morgan fingerprint density at radius 2 is 2.00 bits per heavy atom. The molecule has 2 aromatic rings. The smallest absolute Gasteiger partial charge is 0.175 e. The molecule has 0 saturated carbocycles. The van der Waals surface area contributed by atoms with Crippen LogP contribution in [0.3, 0.4) is 0 Å². The number of nitrogens with two attached hydrogens (primary N) is 1. The van der Waals surface area contributed by atoms with E-state index in [0.717, 1.165) is 17.2 Å². The molecule has 5 heteroatoms. The van der Waals surface area contributed by atoms with Crippen LogP contribution in [0.25, 0.3) is 0 Å². The van der Waals surface area contributed by atoms with Crippen molar-refractivity contribution in [1.29, 1.82) is 0 Å². The molecule has 3 rings (SSSR count). The van der Waals surface area contributed by atoms with E-state index in [1.54, 1.807) is 6.07 Å². The van der Waals surface area contributed by atoms with Crippen molar-refractivity contribution in [2.24, 2.45) is 0 Å². The minimum atomic E-state index is -0.241. The maximum Gasteiger partial charge on any atom is 0.175 e. The maximum atomic E-state index is 5.80. The molecule has 0 fully saturated rings. The summed E-state index contributed by atoms with van der Waals surface area (Å²) in [7, 11) is 0. The summed E-state index contributed by atoms with van der Waals surface area (Å²) in [6.07, 6.45) is 1.18. The van der Waals surface area contributed by atoms with Crippen LogP contribution in [0.1, 0.15) is 11.8 Å². The summed E-state index contributed by atoms with van der Waals surface area (Å²) in [6.45, 7) is 0.424. The summed E-state index contributed by atoms with van der Waals surface area (Å²) < 4.78 is 11.4. The molecule has 1 aromatic carbocycles. The molecule has 0 radical (unpaired) electrons. The lowest BCUT2D eigenvalue weighted by atomic mass is 10.2. The third-order valence-electron chi connectivity index (χ3n) is 2.55. The SMILES string of the molecule is Nc1cc([C@H]2COc3ccccc3O2)ncn1. The molecule has 86 valence electrons. The van der Waals surface area contributed by atoms with Crippen LogP contribution in [0.4, 0.5) is 5.82 Å². The van der Waals surface area contributed by atoms with Gasteiger partial charge in [0.2, 0.25) is 0 Å². The standard InChI is InChI=1S/C12H11N3O2/c13-12-5-8(14-7-15-12)11-6-16-9-3-1-2-4-10(9)17-11/h1-5,7,11H,6H2,(H2,13,14,15)/t11-/m1/s1. The predicted molar refractivity (Wildman–Crippen MR) is 61.8 cm³/mol. The van der Waals surface area contributed by atoms with Crippen LogP contribution in [0.5, 0.6) is 11.5 Å². The number of hydrogen-bond donors (Lipinski definition) is 1. The van der Waals surface area contributed by atoms with Crippen molar-refractivity contribution in [3.05, 3.63) is 42.4 Å². The summed E-state index contributed by atoms with van der Waals surface area (Å²) in [4.78, 5) is 7.99. The summed E-state index contributed by atoms with van der Waals surface area (Å²) >= 11 is 0. The molecule has 1 aliphatic rings. The third kappa shape index (κ3) is 1.87. The van der Waals surface area contributed by atoms with Gasteiger partial charge in [0, 0.05) is 6.07 Å². The Balaban J connectivity index is 1.89. The number of aromatic nitrogens is 2. The lowest BCUT2D eigenvalue weighted by Crippen LogP contribution is -2.22. The second-order valence-electron chi connectivity index (χ2n) is 3.73. The number of para-hydroxylation sites is 2. The van der Waals surface area contributed by atoms with Gasteiger partial charge in [-0.05, 0) is 12.1 Å². The van der Waals surface area contributed by atoms with E-state index >= 15 is 0 Å². The van der Waals surface area contributed by atoms with Crippen LogP contribution in [0, 0.1) is 0 Å². The van der Waals surface area contributed by atoms with Gasteiger partial charge in [-0.15, -0.1) is 0 Å². The van der Waals surface area contributed by atoms with E-state index in [9.17, 15) is 0 Å². The second-order valence-corrected chi connectivity index (χ2v) is 3.73. The quantitative estimate of drug-likeness (QED) is 0.803. The Labute approximate surface area is 98.2 Å². The summed E-state index contributed by atoms with van der Waals surface area (Å²) in [5, 5.41) is 0. The van der Waals surface area contributed by atoms with Gasteiger partial charge in [0.25, 0.3) is 0 Å². The molecule has 5 nitrogen and oxygen atoms in total. The first kappa shape index (κ1) is 9.89. The van der Waals surface area contributed by atoms with E-state index in [-0.39, 0.29) is 6.10 Å². The van der Waals surface area contributed by atoms with Gasteiger partial charge in [0.1, 0.15) is 18.8 Å². The van der Waals surface area contributed by atoms with Crippen molar-refractivity contribution in [2.75, 3.05) is 12.3 Å². The largest absolute Gasteiger partial charge is 0.485 e. The third-order valence-corrected chi connectivity index (χ3v) is 2.55. The van der Waals surface area contributed by atoms with Gasteiger partial charge in [-0.3, -0.25) is 0 Å². The Morgan fingerprint density at radius 1 is 1.18 bits per heavy atom. The highest BCUT2D eigenvalue weighted by Gasteiger charge is 2.23. The lowest BCUT2D eigenvalue weighted by molar-refractivity contribution is 0.0883. The molecule has 0 bridgehead atoms. The van der Waals surface area contributed by atoms with Crippen molar-refractivity contribution < 1.29 is 9.47 Å². The Morgan fingerprint density at radius 3 is 2.82 bits per heavy atom. The number of anilines is 1. The zero-order valence-electron chi connectivity index (χ0n) is 9.04. The van der Waals surface area contributed by atoms with E-state index in [2.05, 4.69) is 9.97 Å². The van der Waals surface area contributed by atoms with Crippen LogP contribution in [-0.2, 0) is 0 Å². The Hall–Kier alpha value is -2.30. The molecule has 2 heterocycles. The zero-order chi connectivity index (χ0) is 11.7. The van der Waals surface area contributed by atoms with Crippen LogP contribution in [0.15, 0.2) is 36.7 Å². The minimum Gasteiger partial charge on any atom is -0.485 e. The van der Waals surface area contributed by atoms with E-state index in [1.165, 1.54) is 6.33 Å². The molecule has 1 atom stereocenters. The molecule has 0 saturated heterocycles. The maximum absolute atomic E-state index is 5.80. The van der Waals surface area contributed by atoms with Gasteiger partial charge in [0.05, 0.1) is 5.69 Å².